The third-order valence-electron chi connectivity index (χ3n) is 3.46. The van der Waals surface area contributed by atoms with Gasteiger partial charge in [-0.05, 0) is 57.5 Å². The molecule has 17 heavy (non-hydrogen) atoms. The van der Waals surface area contributed by atoms with Crippen LogP contribution in [-0.4, -0.2) is 24.7 Å². The fraction of sp³-hybridized carbons (Fsp3) is 0.714. The second kappa shape index (κ2) is 6.53. The third-order valence-corrected chi connectivity index (χ3v) is 4.36. The summed E-state index contributed by atoms with van der Waals surface area (Å²) < 4.78 is 0. The molecule has 0 amide bonds. The minimum atomic E-state index is 0.574. The van der Waals surface area contributed by atoms with Gasteiger partial charge in [-0.1, -0.05) is 6.07 Å². The number of hydrogen-bond donors (Lipinski definition) is 2. The maximum Gasteiger partial charge on any atom is 0.00895 e. The van der Waals surface area contributed by atoms with Crippen LogP contribution in [0, 0.1) is 0 Å². The maximum absolute atomic E-state index is 3.71. The molecule has 0 radical (unpaired) electrons. The van der Waals surface area contributed by atoms with Gasteiger partial charge in [0.2, 0.25) is 0 Å². The molecule has 3 heteroatoms. The van der Waals surface area contributed by atoms with Crippen LogP contribution in [-0.2, 0) is 6.42 Å². The van der Waals surface area contributed by atoms with Crippen LogP contribution >= 0.6 is 11.3 Å². The smallest absolute Gasteiger partial charge is 0.00895 e. The van der Waals surface area contributed by atoms with E-state index in [1.807, 2.05) is 11.3 Å². The molecule has 0 spiro atoms. The summed E-state index contributed by atoms with van der Waals surface area (Å²) >= 11 is 1.86. The molecule has 1 aromatic heterocycles. The second-order valence-electron chi connectivity index (χ2n) is 5.28. The van der Waals surface area contributed by atoms with Crippen molar-refractivity contribution in [3.63, 3.8) is 0 Å². The number of rotatable bonds is 6. The third kappa shape index (κ3) is 4.41. The van der Waals surface area contributed by atoms with Gasteiger partial charge in [-0.3, -0.25) is 0 Å². The van der Waals surface area contributed by atoms with Crippen molar-refractivity contribution in [3.05, 3.63) is 22.4 Å². The first-order valence-corrected chi connectivity index (χ1v) is 7.64. The molecule has 0 bridgehead atoms. The summed E-state index contributed by atoms with van der Waals surface area (Å²) in [5.41, 5.74) is 0. The molecule has 2 heterocycles. The molecule has 1 saturated heterocycles. The van der Waals surface area contributed by atoms with E-state index >= 15 is 0 Å². The van der Waals surface area contributed by atoms with Gasteiger partial charge in [0.05, 0.1) is 0 Å². The summed E-state index contributed by atoms with van der Waals surface area (Å²) in [6.07, 6.45) is 5.11. The first-order valence-electron chi connectivity index (χ1n) is 6.76. The summed E-state index contributed by atoms with van der Waals surface area (Å²) in [5, 5.41) is 9.44. The van der Waals surface area contributed by atoms with Gasteiger partial charge in [0.25, 0.3) is 0 Å². The first-order chi connectivity index (χ1) is 8.24. The first kappa shape index (κ1) is 13.1. The molecule has 1 aliphatic heterocycles. The lowest BCUT2D eigenvalue weighted by atomic mass is 10.1. The highest BCUT2D eigenvalue weighted by atomic mass is 32.1. The average molecular weight is 252 g/mol. The van der Waals surface area contributed by atoms with E-state index in [9.17, 15) is 0 Å². The van der Waals surface area contributed by atoms with Gasteiger partial charge in [-0.15, -0.1) is 11.3 Å². The van der Waals surface area contributed by atoms with Gasteiger partial charge in [0.1, 0.15) is 0 Å². The zero-order chi connectivity index (χ0) is 12.1. The average Bonchev–Trinajstić information content (AvgIpc) is 2.90. The fourth-order valence-electron chi connectivity index (χ4n) is 2.73. The quantitative estimate of drug-likeness (QED) is 0.813. The van der Waals surface area contributed by atoms with Crippen molar-refractivity contribution < 1.29 is 0 Å². The van der Waals surface area contributed by atoms with Crippen molar-refractivity contribution in [2.24, 2.45) is 0 Å². The topological polar surface area (TPSA) is 24.1 Å². The van der Waals surface area contributed by atoms with Gasteiger partial charge in [0.15, 0.2) is 0 Å². The summed E-state index contributed by atoms with van der Waals surface area (Å²) in [4.78, 5) is 1.48. The molecule has 0 saturated carbocycles. The van der Waals surface area contributed by atoms with Crippen molar-refractivity contribution in [2.75, 3.05) is 6.54 Å². The Morgan fingerprint density at radius 1 is 1.47 bits per heavy atom. The zero-order valence-electron chi connectivity index (χ0n) is 10.9. The monoisotopic (exact) mass is 252 g/mol. The van der Waals surface area contributed by atoms with Crippen LogP contribution in [0.25, 0.3) is 0 Å². The van der Waals surface area contributed by atoms with Gasteiger partial charge in [-0.2, -0.15) is 0 Å². The van der Waals surface area contributed by atoms with E-state index in [0.717, 1.165) is 12.5 Å². The van der Waals surface area contributed by atoms with Crippen molar-refractivity contribution in [1.29, 1.82) is 0 Å². The Kier molecular flexibility index (Phi) is 5.01. The number of hydrogen-bond acceptors (Lipinski definition) is 3. The molecule has 0 aliphatic carbocycles. The van der Waals surface area contributed by atoms with Gasteiger partial charge in [-0.25, -0.2) is 0 Å². The summed E-state index contributed by atoms with van der Waals surface area (Å²) in [6.45, 7) is 5.81. The summed E-state index contributed by atoms with van der Waals surface area (Å²) in [7, 11) is 0. The van der Waals surface area contributed by atoms with Crippen LogP contribution in [0.1, 0.15) is 38.0 Å². The highest BCUT2D eigenvalue weighted by Crippen LogP contribution is 2.13. The molecule has 2 nitrogen and oxygen atoms in total. The van der Waals surface area contributed by atoms with Gasteiger partial charge < -0.3 is 10.6 Å². The van der Waals surface area contributed by atoms with Crippen molar-refractivity contribution in [3.8, 4) is 0 Å². The van der Waals surface area contributed by atoms with Crippen molar-refractivity contribution in [1.82, 2.24) is 10.6 Å². The van der Waals surface area contributed by atoms with E-state index in [1.54, 1.807) is 0 Å². The lowest BCUT2D eigenvalue weighted by molar-refractivity contribution is 0.402. The molecule has 2 N–H and O–H groups in total. The van der Waals surface area contributed by atoms with Gasteiger partial charge >= 0.3 is 0 Å². The maximum atomic E-state index is 3.71. The van der Waals surface area contributed by atoms with Crippen LogP contribution in [0.15, 0.2) is 17.5 Å². The molecule has 0 aromatic carbocycles. The van der Waals surface area contributed by atoms with Crippen LogP contribution in [0.2, 0.25) is 0 Å². The highest BCUT2D eigenvalue weighted by Gasteiger charge is 2.17. The molecule has 96 valence electrons. The number of nitrogens with one attached hydrogen (secondary N) is 2. The van der Waals surface area contributed by atoms with Crippen LogP contribution in [0.5, 0.6) is 0 Å². The normalized spacial score (nSPS) is 23.8. The Morgan fingerprint density at radius 3 is 3.00 bits per heavy atom. The van der Waals surface area contributed by atoms with Crippen LogP contribution < -0.4 is 10.6 Å². The van der Waals surface area contributed by atoms with E-state index < -0.39 is 0 Å². The standard InChI is InChI=1S/C14H24N2S/c1-11(9-13-5-3-7-15-13)16-12(2)10-14-6-4-8-17-14/h4,6,8,11-13,15-16H,3,5,7,9-10H2,1-2H3. The van der Waals surface area contributed by atoms with E-state index in [2.05, 4.69) is 42.0 Å². The Bertz CT molecular complexity index is 304. The molecule has 1 aliphatic rings. The molecule has 1 fully saturated rings. The van der Waals surface area contributed by atoms with Crippen molar-refractivity contribution >= 4 is 11.3 Å². The Hall–Kier alpha value is -0.380. The highest BCUT2D eigenvalue weighted by molar-refractivity contribution is 7.09. The molecule has 2 rings (SSSR count). The lowest BCUT2D eigenvalue weighted by Crippen LogP contribution is -2.39. The van der Waals surface area contributed by atoms with Crippen molar-refractivity contribution in [2.45, 2.75) is 57.7 Å². The largest absolute Gasteiger partial charge is 0.314 e. The minimum Gasteiger partial charge on any atom is -0.314 e. The Morgan fingerprint density at radius 2 is 2.35 bits per heavy atom. The van der Waals surface area contributed by atoms with Crippen LogP contribution in [0.4, 0.5) is 0 Å². The number of thiophene rings is 1. The minimum absolute atomic E-state index is 0.574. The molecular weight excluding hydrogens is 228 g/mol. The van der Waals surface area contributed by atoms with E-state index in [4.69, 9.17) is 0 Å². The predicted molar refractivity (Wildman–Crippen MR) is 75.7 cm³/mol. The second-order valence-corrected chi connectivity index (χ2v) is 6.31. The van der Waals surface area contributed by atoms with Gasteiger partial charge in [0, 0.05) is 23.0 Å². The summed E-state index contributed by atoms with van der Waals surface area (Å²) in [6, 6.07) is 6.29. The Labute approximate surface area is 109 Å². The SMILES string of the molecule is CC(Cc1cccs1)NC(C)CC1CCCN1. The molecule has 3 atom stereocenters. The zero-order valence-corrected chi connectivity index (χ0v) is 11.7. The Balaban J connectivity index is 1.68. The predicted octanol–water partition coefficient (Wildman–Crippen LogP) is 2.80. The molecular formula is C14H24N2S. The molecule has 1 aromatic rings. The fourth-order valence-corrected chi connectivity index (χ4v) is 3.56. The van der Waals surface area contributed by atoms with E-state index in [-0.39, 0.29) is 0 Å². The molecule has 3 unspecified atom stereocenters. The lowest BCUT2D eigenvalue weighted by Gasteiger charge is -2.22. The van der Waals surface area contributed by atoms with Crippen LogP contribution in [0.3, 0.4) is 0 Å². The van der Waals surface area contributed by atoms with E-state index in [0.29, 0.717) is 12.1 Å². The van der Waals surface area contributed by atoms with E-state index in [1.165, 1.54) is 30.7 Å². The summed E-state index contributed by atoms with van der Waals surface area (Å²) in [5.74, 6) is 0.